The predicted molar refractivity (Wildman–Crippen MR) is 88.8 cm³/mol. The van der Waals surface area contributed by atoms with E-state index in [2.05, 4.69) is 13.8 Å². The average Bonchev–Trinajstić information content (AvgIpc) is 2.82. The molecule has 3 rings (SSSR count). The summed E-state index contributed by atoms with van der Waals surface area (Å²) in [6, 6.07) is 0. The number of imide groups is 1. The smallest absolute Gasteiger partial charge is 0.417 e. The topological polar surface area (TPSA) is 46.6 Å². The number of nitrogens with zero attached hydrogens (tertiary/aromatic N) is 1. The van der Waals surface area contributed by atoms with Gasteiger partial charge in [0.25, 0.3) is 0 Å². The summed E-state index contributed by atoms with van der Waals surface area (Å²) in [4.78, 5) is 25.5. The summed E-state index contributed by atoms with van der Waals surface area (Å²) in [5.41, 5.74) is -0.538. The molecule has 130 valence electrons. The van der Waals surface area contributed by atoms with Crippen LogP contribution < -0.4 is 0 Å². The molecule has 0 aromatic rings. The van der Waals surface area contributed by atoms with Crippen LogP contribution in [0.1, 0.15) is 72.6 Å². The molecule has 2 unspecified atom stereocenters. The Kier molecular flexibility index (Phi) is 4.22. The predicted octanol–water partition coefficient (Wildman–Crippen LogP) is 4.38. The van der Waals surface area contributed by atoms with Gasteiger partial charge in [-0.2, -0.15) is 0 Å². The van der Waals surface area contributed by atoms with E-state index in [0.29, 0.717) is 13.0 Å². The van der Waals surface area contributed by atoms with Crippen molar-refractivity contribution in [3.05, 3.63) is 0 Å². The number of rotatable bonds is 2. The first-order valence-corrected chi connectivity index (χ1v) is 9.23. The first-order chi connectivity index (χ1) is 10.7. The summed E-state index contributed by atoms with van der Waals surface area (Å²) in [7, 11) is 0. The molecule has 2 saturated carbocycles. The van der Waals surface area contributed by atoms with Crippen molar-refractivity contribution >= 4 is 12.0 Å². The molecule has 4 heteroatoms. The van der Waals surface area contributed by atoms with Crippen LogP contribution in [0.25, 0.3) is 0 Å². The van der Waals surface area contributed by atoms with Gasteiger partial charge in [-0.15, -0.1) is 0 Å². The molecule has 1 saturated heterocycles. The third-order valence-electron chi connectivity index (χ3n) is 6.71. The maximum absolute atomic E-state index is 12.4. The molecule has 0 aromatic carbocycles. The first-order valence-electron chi connectivity index (χ1n) is 9.23. The Bertz CT molecular complexity index is 481. The molecule has 3 aliphatic rings. The van der Waals surface area contributed by atoms with Gasteiger partial charge < -0.3 is 4.74 Å². The molecular formula is C19H31NO3. The molecule has 2 amide bonds. The number of carbonyl (C=O) groups excluding carboxylic acids is 2. The number of amides is 2. The fraction of sp³-hybridized carbons (Fsp3) is 0.895. The molecule has 3 fully saturated rings. The summed E-state index contributed by atoms with van der Waals surface area (Å²) < 4.78 is 5.89. The summed E-state index contributed by atoms with van der Waals surface area (Å²) >= 11 is 0. The summed E-state index contributed by atoms with van der Waals surface area (Å²) in [5, 5.41) is 0. The molecule has 2 bridgehead atoms. The maximum Gasteiger partial charge on any atom is 0.417 e. The highest BCUT2D eigenvalue weighted by Crippen LogP contribution is 2.55. The minimum absolute atomic E-state index is 0.000838. The Morgan fingerprint density at radius 2 is 1.83 bits per heavy atom. The first kappa shape index (κ1) is 16.8. The van der Waals surface area contributed by atoms with Crippen molar-refractivity contribution in [3.63, 3.8) is 0 Å². The zero-order valence-corrected chi connectivity index (χ0v) is 15.1. The number of carbonyl (C=O) groups is 2. The van der Waals surface area contributed by atoms with Gasteiger partial charge in [-0.3, -0.25) is 4.79 Å². The molecule has 23 heavy (non-hydrogen) atoms. The van der Waals surface area contributed by atoms with Crippen LogP contribution in [-0.2, 0) is 9.53 Å². The summed E-state index contributed by atoms with van der Waals surface area (Å²) in [5.74, 6) is 2.25. The lowest BCUT2D eigenvalue weighted by Gasteiger charge is -2.53. The second-order valence-electron chi connectivity index (χ2n) is 9.04. The molecular weight excluding hydrogens is 290 g/mol. The minimum Gasteiger partial charge on any atom is -0.443 e. The van der Waals surface area contributed by atoms with Crippen LogP contribution >= 0.6 is 0 Å². The van der Waals surface area contributed by atoms with E-state index in [1.807, 2.05) is 13.8 Å². The minimum atomic E-state index is -0.537. The lowest BCUT2D eigenvalue weighted by molar-refractivity contribution is -0.133. The molecule has 0 spiro atoms. The fourth-order valence-electron chi connectivity index (χ4n) is 5.32. The molecule has 0 N–H and O–H groups in total. The van der Waals surface area contributed by atoms with Gasteiger partial charge in [0.15, 0.2) is 0 Å². The van der Waals surface area contributed by atoms with E-state index in [0.717, 1.165) is 37.0 Å². The molecule has 0 radical (unpaired) electrons. The second-order valence-corrected chi connectivity index (χ2v) is 9.04. The van der Waals surface area contributed by atoms with Gasteiger partial charge in [0.05, 0.1) is 0 Å². The van der Waals surface area contributed by atoms with Gasteiger partial charge >= 0.3 is 6.09 Å². The molecule has 4 nitrogen and oxygen atoms in total. The average molecular weight is 321 g/mol. The monoisotopic (exact) mass is 321 g/mol. The van der Waals surface area contributed by atoms with Crippen molar-refractivity contribution in [2.75, 3.05) is 6.54 Å². The van der Waals surface area contributed by atoms with Gasteiger partial charge in [-0.05, 0) is 70.1 Å². The third-order valence-corrected chi connectivity index (χ3v) is 6.71. The van der Waals surface area contributed by atoms with Crippen molar-refractivity contribution in [3.8, 4) is 0 Å². The van der Waals surface area contributed by atoms with Crippen LogP contribution in [0, 0.1) is 23.2 Å². The van der Waals surface area contributed by atoms with Gasteiger partial charge in [0, 0.05) is 18.4 Å². The highest BCUT2D eigenvalue weighted by atomic mass is 16.6. The normalized spacial score (nSPS) is 37.8. The van der Waals surface area contributed by atoms with Crippen molar-refractivity contribution in [2.24, 2.45) is 23.2 Å². The lowest BCUT2D eigenvalue weighted by atomic mass is 9.55. The van der Waals surface area contributed by atoms with Crippen LogP contribution in [-0.4, -0.2) is 29.0 Å². The molecule has 2 aliphatic carbocycles. The Labute approximate surface area is 139 Å². The van der Waals surface area contributed by atoms with E-state index in [4.69, 9.17) is 4.74 Å². The van der Waals surface area contributed by atoms with Crippen LogP contribution in [0.3, 0.4) is 0 Å². The Morgan fingerprint density at radius 3 is 2.35 bits per heavy atom. The van der Waals surface area contributed by atoms with Crippen molar-refractivity contribution < 1.29 is 14.3 Å². The fourth-order valence-corrected chi connectivity index (χ4v) is 5.32. The number of likely N-dealkylation sites (tertiary alicyclic amines) is 1. The largest absolute Gasteiger partial charge is 0.443 e. The van der Waals surface area contributed by atoms with Crippen molar-refractivity contribution in [1.82, 2.24) is 4.90 Å². The van der Waals surface area contributed by atoms with Crippen LogP contribution in [0.15, 0.2) is 0 Å². The third kappa shape index (κ3) is 3.14. The van der Waals surface area contributed by atoms with Crippen LogP contribution in [0.4, 0.5) is 4.79 Å². The SMILES string of the molecule is CC1CC2CC(C1)CC(C)(C(C)(C)OC(=O)N1CCCC1=O)C2. The summed E-state index contributed by atoms with van der Waals surface area (Å²) in [6.45, 7) is 9.23. The van der Waals surface area contributed by atoms with E-state index in [-0.39, 0.29) is 11.3 Å². The van der Waals surface area contributed by atoms with Gasteiger partial charge in [0.2, 0.25) is 5.91 Å². The number of hydrogen-bond donors (Lipinski definition) is 0. The van der Waals surface area contributed by atoms with Crippen molar-refractivity contribution in [2.45, 2.75) is 78.2 Å². The van der Waals surface area contributed by atoms with Gasteiger partial charge in [-0.1, -0.05) is 13.8 Å². The van der Waals surface area contributed by atoms with Crippen LogP contribution in [0.2, 0.25) is 0 Å². The maximum atomic E-state index is 12.4. The molecule has 2 atom stereocenters. The zero-order valence-electron chi connectivity index (χ0n) is 15.1. The van der Waals surface area contributed by atoms with Gasteiger partial charge in [-0.25, -0.2) is 9.69 Å². The van der Waals surface area contributed by atoms with E-state index in [1.165, 1.54) is 24.2 Å². The highest BCUT2D eigenvalue weighted by molar-refractivity contribution is 5.93. The Balaban J connectivity index is 1.71. The number of fused-ring (bicyclic) bond motifs is 2. The lowest BCUT2D eigenvalue weighted by Crippen LogP contribution is -2.52. The zero-order chi connectivity index (χ0) is 16.8. The van der Waals surface area contributed by atoms with Crippen molar-refractivity contribution in [1.29, 1.82) is 0 Å². The number of ether oxygens (including phenoxy) is 1. The van der Waals surface area contributed by atoms with Crippen LogP contribution in [0.5, 0.6) is 0 Å². The number of hydrogen-bond acceptors (Lipinski definition) is 3. The summed E-state index contributed by atoms with van der Waals surface area (Å²) in [6.07, 6.45) is 6.99. The van der Waals surface area contributed by atoms with E-state index in [9.17, 15) is 9.59 Å². The molecule has 0 aromatic heterocycles. The van der Waals surface area contributed by atoms with E-state index in [1.54, 1.807) is 0 Å². The Morgan fingerprint density at radius 1 is 1.22 bits per heavy atom. The molecule has 1 heterocycles. The van der Waals surface area contributed by atoms with E-state index < -0.39 is 11.7 Å². The van der Waals surface area contributed by atoms with Gasteiger partial charge in [0.1, 0.15) is 5.60 Å². The van der Waals surface area contributed by atoms with E-state index >= 15 is 0 Å². The highest BCUT2D eigenvalue weighted by Gasteiger charge is 2.51. The standard InChI is InChI=1S/C19H31NO3/c1-13-8-14-10-15(9-13)12-19(4,11-14)18(2,3)23-17(22)20-7-5-6-16(20)21/h13-15H,5-12H2,1-4H3. The molecule has 1 aliphatic heterocycles. The Hall–Kier alpha value is -1.06. The second kappa shape index (κ2) is 5.78. The quantitative estimate of drug-likeness (QED) is 0.758.